The van der Waals surface area contributed by atoms with Gasteiger partial charge >= 0.3 is 0 Å². The van der Waals surface area contributed by atoms with Gasteiger partial charge in [0.05, 0.1) is 11.3 Å². The molecule has 0 aliphatic heterocycles. The Hall–Kier alpha value is -3.60. The second-order valence-corrected chi connectivity index (χ2v) is 8.33. The first-order chi connectivity index (χ1) is 15.2. The van der Waals surface area contributed by atoms with Crippen LogP contribution in [0.5, 0.6) is 5.75 Å². The number of hydrogen-bond donors (Lipinski definition) is 2. The molecule has 3 aromatic rings. The van der Waals surface area contributed by atoms with Crippen molar-refractivity contribution >= 4 is 23.2 Å². The molecular weight excluding hydrogens is 400 g/mol. The van der Waals surface area contributed by atoms with Crippen molar-refractivity contribution < 1.29 is 14.3 Å². The maximum atomic E-state index is 12.9. The third-order valence-electron chi connectivity index (χ3n) is 5.36. The van der Waals surface area contributed by atoms with E-state index in [1.807, 2.05) is 57.2 Å². The molecule has 2 N–H and O–H groups in total. The van der Waals surface area contributed by atoms with Gasteiger partial charge < -0.3 is 15.4 Å². The van der Waals surface area contributed by atoms with Crippen molar-refractivity contribution in [3.8, 4) is 5.75 Å². The van der Waals surface area contributed by atoms with Gasteiger partial charge in [0.25, 0.3) is 11.8 Å². The molecule has 32 heavy (non-hydrogen) atoms. The van der Waals surface area contributed by atoms with E-state index in [-0.39, 0.29) is 24.3 Å². The third-order valence-corrected chi connectivity index (χ3v) is 5.36. The standard InChI is InChI=1S/C27H30N2O3/c1-17(2)22-13-10-18(3)14-25(22)32-16-26(30)29-24-9-7-6-8-23(24)27(31)28-21-12-11-19(4)20(5)15-21/h6-15,17H,16H2,1-5H3,(H,28,31)(H,29,30). The summed E-state index contributed by atoms with van der Waals surface area (Å²) in [4.78, 5) is 25.5. The predicted molar refractivity (Wildman–Crippen MR) is 130 cm³/mol. The molecule has 0 saturated carbocycles. The first kappa shape index (κ1) is 23.1. The molecule has 0 aromatic heterocycles. The Bertz CT molecular complexity index is 1140. The summed E-state index contributed by atoms with van der Waals surface area (Å²) < 4.78 is 5.82. The van der Waals surface area contributed by atoms with Gasteiger partial charge in [0.2, 0.25) is 0 Å². The molecule has 5 nitrogen and oxygen atoms in total. The number of ether oxygens (including phenoxy) is 1. The molecular formula is C27H30N2O3. The average Bonchev–Trinajstić information content (AvgIpc) is 2.75. The van der Waals surface area contributed by atoms with Crippen molar-refractivity contribution in [2.45, 2.75) is 40.5 Å². The van der Waals surface area contributed by atoms with Crippen LogP contribution in [0.4, 0.5) is 11.4 Å². The lowest BCUT2D eigenvalue weighted by molar-refractivity contribution is -0.118. The van der Waals surface area contributed by atoms with E-state index < -0.39 is 0 Å². The maximum Gasteiger partial charge on any atom is 0.262 e. The van der Waals surface area contributed by atoms with Gasteiger partial charge in [-0.15, -0.1) is 0 Å². The number of benzene rings is 3. The van der Waals surface area contributed by atoms with Crippen LogP contribution in [0.3, 0.4) is 0 Å². The average molecular weight is 431 g/mol. The first-order valence-electron chi connectivity index (χ1n) is 10.8. The van der Waals surface area contributed by atoms with Crippen LogP contribution in [-0.4, -0.2) is 18.4 Å². The van der Waals surface area contributed by atoms with E-state index >= 15 is 0 Å². The highest BCUT2D eigenvalue weighted by atomic mass is 16.5. The minimum atomic E-state index is -0.326. The van der Waals surface area contributed by atoms with Crippen LogP contribution in [-0.2, 0) is 4.79 Å². The number of para-hydroxylation sites is 1. The minimum Gasteiger partial charge on any atom is -0.483 e. The zero-order valence-electron chi connectivity index (χ0n) is 19.3. The van der Waals surface area contributed by atoms with E-state index in [2.05, 4.69) is 24.5 Å². The predicted octanol–water partition coefficient (Wildman–Crippen LogP) is 6.01. The smallest absolute Gasteiger partial charge is 0.262 e. The van der Waals surface area contributed by atoms with Crippen LogP contribution in [0.2, 0.25) is 0 Å². The second-order valence-electron chi connectivity index (χ2n) is 8.33. The molecule has 166 valence electrons. The number of aryl methyl sites for hydroxylation is 3. The van der Waals surface area contributed by atoms with Crippen molar-refractivity contribution in [2.24, 2.45) is 0 Å². The molecule has 0 heterocycles. The van der Waals surface area contributed by atoms with Crippen LogP contribution in [0.1, 0.15) is 52.4 Å². The van der Waals surface area contributed by atoms with Crippen LogP contribution < -0.4 is 15.4 Å². The normalized spacial score (nSPS) is 10.7. The molecule has 3 aromatic carbocycles. The Morgan fingerprint density at radius 3 is 2.34 bits per heavy atom. The summed E-state index contributed by atoms with van der Waals surface area (Å²) in [5.41, 5.74) is 5.91. The van der Waals surface area contributed by atoms with Gasteiger partial charge in [-0.1, -0.05) is 44.2 Å². The van der Waals surface area contributed by atoms with Crippen molar-refractivity contribution in [1.82, 2.24) is 0 Å². The molecule has 0 unspecified atom stereocenters. The molecule has 0 aliphatic rings. The molecule has 0 atom stereocenters. The lowest BCUT2D eigenvalue weighted by atomic mass is 10.0. The van der Waals surface area contributed by atoms with E-state index in [0.29, 0.717) is 22.7 Å². The summed E-state index contributed by atoms with van der Waals surface area (Å²) in [5.74, 6) is 0.373. The van der Waals surface area contributed by atoms with Gasteiger partial charge in [-0.3, -0.25) is 9.59 Å². The summed E-state index contributed by atoms with van der Waals surface area (Å²) in [6.07, 6.45) is 0. The number of amides is 2. The van der Waals surface area contributed by atoms with Gasteiger partial charge in [0, 0.05) is 5.69 Å². The zero-order valence-corrected chi connectivity index (χ0v) is 19.3. The molecule has 0 radical (unpaired) electrons. The van der Waals surface area contributed by atoms with Gasteiger partial charge in [-0.05, 0) is 79.3 Å². The van der Waals surface area contributed by atoms with E-state index in [0.717, 1.165) is 22.3 Å². The van der Waals surface area contributed by atoms with Crippen molar-refractivity contribution in [1.29, 1.82) is 0 Å². The molecule has 0 fully saturated rings. The van der Waals surface area contributed by atoms with E-state index in [9.17, 15) is 9.59 Å². The van der Waals surface area contributed by atoms with Gasteiger partial charge in [0.1, 0.15) is 5.75 Å². The Morgan fingerprint density at radius 1 is 0.875 bits per heavy atom. The van der Waals surface area contributed by atoms with Gasteiger partial charge in [-0.25, -0.2) is 0 Å². The minimum absolute atomic E-state index is 0.143. The van der Waals surface area contributed by atoms with Gasteiger partial charge in [0.15, 0.2) is 6.61 Å². The molecule has 0 spiro atoms. The van der Waals surface area contributed by atoms with Crippen molar-refractivity contribution in [3.05, 3.63) is 88.5 Å². The highest BCUT2D eigenvalue weighted by Crippen LogP contribution is 2.27. The van der Waals surface area contributed by atoms with E-state index in [1.54, 1.807) is 24.3 Å². The summed E-state index contributed by atoms with van der Waals surface area (Å²) in [7, 11) is 0. The van der Waals surface area contributed by atoms with Crippen LogP contribution in [0.15, 0.2) is 60.7 Å². The highest BCUT2D eigenvalue weighted by molar-refractivity contribution is 6.10. The number of carbonyl (C=O) groups excluding carboxylic acids is 2. The Balaban J connectivity index is 1.69. The van der Waals surface area contributed by atoms with Gasteiger partial charge in [-0.2, -0.15) is 0 Å². The highest BCUT2D eigenvalue weighted by Gasteiger charge is 2.15. The fourth-order valence-corrected chi connectivity index (χ4v) is 3.38. The third kappa shape index (κ3) is 5.76. The van der Waals surface area contributed by atoms with Crippen molar-refractivity contribution in [2.75, 3.05) is 17.2 Å². The van der Waals surface area contributed by atoms with Crippen LogP contribution >= 0.6 is 0 Å². The summed E-state index contributed by atoms with van der Waals surface area (Å²) in [5, 5.41) is 5.71. The monoisotopic (exact) mass is 430 g/mol. The SMILES string of the molecule is Cc1ccc(C(C)C)c(OCC(=O)Nc2ccccc2C(=O)Nc2ccc(C)c(C)c2)c1. The summed E-state index contributed by atoms with van der Waals surface area (Å²) in [6.45, 7) is 10.0. The molecule has 0 bridgehead atoms. The van der Waals surface area contributed by atoms with Crippen molar-refractivity contribution in [3.63, 3.8) is 0 Å². The fraction of sp³-hybridized carbons (Fsp3) is 0.259. The number of nitrogens with one attached hydrogen (secondary N) is 2. The Morgan fingerprint density at radius 2 is 1.62 bits per heavy atom. The van der Waals surface area contributed by atoms with Crippen LogP contribution in [0.25, 0.3) is 0 Å². The lowest BCUT2D eigenvalue weighted by Crippen LogP contribution is -2.23. The summed E-state index contributed by atoms with van der Waals surface area (Å²) in [6, 6.07) is 18.7. The fourth-order valence-electron chi connectivity index (χ4n) is 3.38. The quantitative estimate of drug-likeness (QED) is 0.483. The number of anilines is 2. The molecule has 0 aliphatic carbocycles. The van der Waals surface area contributed by atoms with E-state index in [4.69, 9.17) is 4.74 Å². The molecule has 2 amide bonds. The topological polar surface area (TPSA) is 67.4 Å². The largest absolute Gasteiger partial charge is 0.483 e. The lowest BCUT2D eigenvalue weighted by Gasteiger charge is -2.15. The molecule has 0 saturated heterocycles. The molecule has 3 rings (SSSR count). The second kappa shape index (κ2) is 10.1. The summed E-state index contributed by atoms with van der Waals surface area (Å²) >= 11 is 0. The Labute approximate surface area is 189 Å². The first-order valence-corrected chi connectivity index (χ1v) is 10.8. The maximum absolute atomic E-state index is 12.9. The number of rotatable bonds is 7. The van der Waals surface area contributed by atoms with E-state index in [1.165, 1.54) is 0 Å². The zero-order chi connectivity index (χ0) is 23.3. The Kier molecular flexibility index (Phi) is 7.31. The number of carbonyl (C=O) groups is 2. The molecule has 5 heteroatoms. The van der Waals surface area contributed by atoms with Crippen LogP contribution in [0, 0.1) is 20.8 Å². The number of hydrogen-bond acceptors (Lipinski definition) is 3.